The lowest BCUT2D eigenvalue weighted by molar-refractivity contribution is -0.114. The van der Waals surface area contributed by atoms with Crippen molar-refractivity contribution >= 4 is 40.6 Å². The van der Waals surface area contributed by atoms with Gasteiger partial charge in [-0.2, -0.15) is 0 Å². The molecular weight excluding hydrogens is 431 g/mol. The Bertz CT molecular complexity index is 1130. The van der Waals surface area contributed by atoms with Crippen molar-refractivity contribution in [3.63, 3.8) is 0 Å². The Hall–Kier alpha value is -2.78. The van der Waals surface area contributed by atoms with Gasteiger partial charge in [0, 0.05) is 39.9 Å². The largest absolute Gasteiger partial charge is 0.447 e. The first-order chi connectivity index (χ1) is 14.4. The summed E-state index contributed by atoms with van der Waals surface area (Å²) in [5, 5.41) is 5.61. The number of nitrogens with one attached hydrogen (secondary N) is 1. The highest BCUT2D eigenvalue weighted by atomic mass is 35.5. The molecule has 5 rings (SSSR count). The van der Waals surface area contributed by atoms with Crippen molar-refractivity contribution in [2.75, 3.05) is 13.2 Å². The number of hydrogen-bond acceptors (Lipinski definition) is 7. The molecule has 1 aromatic heterocycles. The fourth-order valence-corrected chi connectivity index (χ4v) is 5.16. The van der Waals surface area contributed by atoms with E-state index in [0.29, 0.717) is 34.9 Å². The number of aromatic nitrogens is 1. The van der Waals surface area contributed by atoms with E-state index < -0.39 is 23.5 Å². The zero-order valence-electron chi connectivity index (χ0n) is 15.8. The van der Waals surface area contributed by atoms with Gasteiger partial charge in [0.25, 0.3) is 0 Å². The van der Waals surface area contributed by atoms with Crippen molar-refractivity contribution in [3.8, 4) is 0 Å². The Balaban J connectivity index is 1.70. The van der Waals surface area contributed by atoms with E-state index in [0.717, 1.165) is 5.70 Å². The number of benzene rings is 1. The average Bonchev–Trinajstić information content (AvgIpc) is 3.41. The van der Waals surface area contributed by atoms with Gasteiger partial charge in [-0.15, -0.1) is 11.3 Å². The van der Waals surface area contributed by atoms with Crippen molar-refractivity contribution in [2.45, 2.75) is 24.9 Å². The Labute approximate surface area is 180 Å². The van der Waals surface area contributed by atoms with Gasteiger partial charge in [-0.3, -0.25) is 9.79 Å². The predicted molar refractivity (Wildman–Crippen MR) is 109 cm³/mol. The second-order valence-electron chi connectivity index (χ2n) is 7.52. The van der Waals surface area contributed by atoms with Crippen LogP contribution in [0.2, 0.25) is 5.02 Å². The zero-order chi connectivity index (χ0) is 21.0. The monoisotopic (exact) mass is 446 g/mol. The minimum Gasteiger partial charge on any atom is -0.447 e. The van der Waals surface area contributed by atoms with Crippen LogP contribution in [0.15, 0.2) is 46.0 Å². The first-order valence-corrected chi connectivity index (χ1v) is 10.5. The maximum atomic E-state index is 13.7. The van der Waals surface area contributed by atoms with Crippen LogP contribution in [0.1, 0.15) is 30.0 Å². The second-order valence-corrected chi connectivity index (χ2v) is 8.82. The van der Waals surface area contributed by atoms with Crippen LogP contribution >= 0.6 is 22.9 Å². The number of nitrogens with zero attached hydrogens (tertiary/aromatic N) is 3. The SMILES string of the molecule is CC(=O)C1=C2CC3(COC(=O)N3)CN2C(c2nccs2)=N[C@H]1c1ccc(F)cc1Cl. The number of cyclic esters (lactones) is 1. The Morgan fingerprint density at radius 2 is 2.30 bits per heavy atom. The maximum absolute atomic E-state index is 13.7. The number of halogens is 2. The predicted octanol–water partition coefficient (Wildman–Crippen LogP) is 3.46. The van der Waals surface area contributed by atoms with Crippen LogP contribution in [-0.4, -0.2) is 46.3 Å². The summed E-state index contributed by atoms with van der Waals surface area (Å²) in [6.07, 6.45) is 1.61. The van der Waals surface area contributed by atoms with E-state index in [2.05, 4.69) is 10.3 Å². The highest BCUT2D eigenvalue weighted by Gasteiger charge is 2.52. The Kier molecular flexibility index (Phi) is 4.41. The van der Waals surface area contributed by atoms with Crippen LogP contribution < -0.4 is 5.32 Å². The summed E-state index contributed by atoms with van der Waals surface area (Å²) in [6.45, 7) is 2.08. The van der Waals surface area contributed by atoms with Gasteiger partial charge in [0.05, 0.1) is 6.54 Å². The number of amidine groups is 1. The lowest BCUT2D eigenvalue weighted by Gasteiger charge is -2.32. The Morgan fingerprint density at radius 3 is 2.93 bits per heavy atom. The van der Waals surface area contributed by atoms with Crippen molar-refractivity contribution in [1.29, 1.82) is 0 Å². The highest BCUT2D eigenvalue weighted by Crippen LogP contribution is 2.45. The molecule has 1 amide bonds. The summed E-state index contributed by atoms with van der Waals surface area (Å²) < 4.78 is 18.8. The molecule has 3 aliphatic rings. The van der Waals surface area contributed by atoms with Gasteiger partial charge >= 0.3 is 6.09 Å². The van der Waals surface area contributed by atoms with Gasteiger partial charge in [-0.25, -0.2) is 14.2 Å². The molecule has 2 atom stereocenters. The topological polar surface area (TPSA) is 83.9 Å². The van der Waals surface area contributed by atoms with Gasteiger partial charge in [0.15, 0.2) is 16.6 Å². The number of thiazole rings is 1. The van der Waals surface area contributed by atoms with Crippen LogP contribution in [0.5, 0.6) is 0 Å². The number of fused-ring (bicyclic) bond motifs is 1. The summed E-state index contributed by atoms with van der Waals surface area (Å²) in [6, 6.07) is 3.37. The van der Waals surface area contributed by atoms with E-state index >= 15 is 0 Å². The normalized spacial score (nSPS) is 25.3. The van der Waals surface area contributed by atoms with Gasteiger partial charge in [-0.1, -0.05) is 17.7 Å². The molecule has 1 aromatic carbocycles. The molecule has 7 nitrogen and oxygen atoms in total. The van der Waals surface area contributed by atoms with E-state index in [9.17, 15) is 14.0 Å². The molecule has 0 bridgehead atoms. The quantitative estimate of drug-likeness (QED) is 0.780. The lowest BCUT2D eigenvalue weighted by Crippen LogP contribution is -2.47. The first kappa shape index (κ1) is 19.2. The van der Waals surface area contributed by atoms with E-state index in [1.54, 1.807) is 12.3 Å². The molecule has 10 heteroatoms. The van der Waals surface area contributed by atoms with E-state index in [1.807, 2.05) is 10.3 Å². The average molecular weight is 447 g/mol. The molecule has 1 unspecified atom stereocenters. The van der Waals surface area contributed by atoms with Crippen LogP contribution in [-0.2, 0) is 9.53 Å². The van der Waals surface area contributed by atoms with Gasteiger partial charge < -0.3 is 15.0 Å². The molecular formula is C20H16ClFN4O3S. The molecule has 0 aliphatic carbocycles. The number of ether oxygens (including phenoxy) is 1. The van der Waals surface area contributed by atoms with Crippen molar-refractivity contribution in [3.05, 3.63) is 62.5 Å². The molecule has 3 aliphatic heterocycles. The molecule has 2 aromatic rings. The number of hydrogen-bond donors (Lipinski definition) is 1. The summed E-state index contributed by atoms with van der Waals surface area (Å²) in [7, 11) is 0. The molecule has 154 valence electrons. The number of alkyl carbamates (subject to hydrolysis) is 1. The summed E-state index contributed by atoms with van der Waals surface area (Å²) in [4.78, 5) is 35.7. The number of ketones is 1. The smallest absolute Gasteiger partial charge is 0.407 e. The number of carbonyl (C=O) groups excluding carboxylic acids is 2. The van der Waals surface area contributed by atoms with Crippen LogP contribution in [0.25, 0.3) is 0 Å². The van der Waals surface area contributed by atoms with E-state index in [4.69, 9.17) is 21.3 Å². The minimum absolute atomic E-state index is 0.162. The van der Waals surface area contributed by atoms with Gasteiger partial charge in [-0.05, 0) is 19.1 Å². The van der Waals surface area contributed by atoms with Gasteiger partial charge in [0.1, 0.15) is 24.0 Å². The van der Waals surface area contributed by atoms with Crippen LogP contribution in [0.3, 0.4) is 0 Å². The molecule has 0 saturated carbocycles. The summed E-state index contributed by atoms with van der Waals surface area (Å²) in [5.41, 5.74) is 1.12. The molecule has 2 saturated heterocycles. The first-order valence-electron chi connectivity index (χ1n) is 9.26. The van der Waals surface area contributed by atoms with Crippen molar-refractivity contribution in [2.24, 2.45) is 4.99 Å². The second kappa shape index (κ2) is 6.88. The standard InChI is InChI=1S/C20H16ClFN4O3S/c1-10(27)15-14-7-20(9-29-19(28)25-20)8-26(14)17(18-23-4-5-30-18)24-16(15)12-3-2-11(22)6-13(12)21/h2-6,16H,7-9H2,1H3,(H,25,28)/t16-,20?/m0/s1. The number of amides is 1. The zero-order valence-corrected chi connectivity index (χ0v) is 17.4. The molecule has 0 radical (unpaired) electrons. The van der Waals surface area contributed by atoms with E-state index in [-0.39, 0.29) is 17.4 Å². The minimum atomic E-state index is -0.700. The third-order valence-electron chi connectivity index (χ3n) is 5.49. The van der Waals surface area contributed by atoms with E-state index in [1.165, 1.54) is 30.4 Å². The molecule has 4 heterocycles. The van der Waals surface area contributed by atoms with Crippen LogP contribution in [0, 0.1) is 5.82 Å². The third kappa shape index (κ3) is 3.00. The molecule has 30 heavy (non-hydrogen) atoms. The van der Waals surface area contributed by atoms with Gasteiger partial charge in [0.2, 0.25) is 0 Å². The van der Waals surface area contributed by atoms with Crippen molar-refractivity contribution < 1.29 is 18.7 Å². The third-order valence-corrected chi connectivity index (χ3v) is 6.59. The number of aliphatic imine (C=N–C) groups is 1. The van der Waals surface area contributed by atoms with Crippen LogP contribution in [0.4, 0.5) is 9.18 Å². The fraction of sp³-hybridized carbons (Fsp3) is 0.300. The molecule has 2 fully saturated rings. The van der Waals surface area contributed by atoms with Crippen molar-refractivity contribution in [1.82, 2.24) is 15.2 Å². The number of Topliss-reactive ketones (excluding diaryl/α,β-unsaturated/α-hetero) is 1. The highest BCUT2D eigenvalue weighted by molar-refractivity contribution is 7.11. The Morgan fingerprint density at radius 1 is 1.47 bits per heavy atom. The summed E-state index contributed by atoms with van der Waals surface area (Å²) in [5.74, 6) is -0.0361. The molecule has 1 N–H and O–H groups in total. The summed E-state index contributed by atoms with van der Waals surface area (Å²) >= 11 is 7.76. The fourth-order valence-electron chi connectivity index (χ4n) is 4.25. The molecule has 1 spiro atoms. The maximum Gasteiger partial charge on any atom is 0.407 e. The number of carbonyl (C=O) groups is 2. The number of rotatable bonds is 3. The lowest BCUT2D eigenvalue weighted by atomic mass is 9.90.